The average molecular weight is 110 g/mol. The van der Waals surface area contributed by atoms with E-state index in [1.165, 1.54) is 12.7 Å². The van der Waals surface area contributed by atoms with E-state index in [1.807, 2.05) is 0 Å². The van der Waals surface area contributed by atoms with Crippen LogP contribution >= 0.6 is 0 Å². The third kappa shape index (κ3) is 2.44. The van der Waals surface area contributed by atoms with Crippen molar-refractivity contribution in [2.45, 2.75) is 32.4 Å². The molecule has 0 radical (unpaired) electrons. The lowest BCUT2D eigenvalue weighted by Crippen LogP contribution is -2.03. The highest BCUT2D eigenvalue weighted by Crippen LogP contribution is 2.19. The van der Waals surface area contributed by atoms with Gasteiger partial charge in [-0.05, 0) is 0 Å². The number of rotatable bonds is 3. The monoisotopic (exact) mass is 110 g/mol. The fraction of sp³-hybridized carbons (Fsp3) is 1.00. The first-order chi connectivity index (χ1) is 3.72. The minimum absolute atomic E-state index is 0.880. The lowest BCUT2D eigenvalue weighted by atomic mass is 9.71. The zero-order chi connectivity index (χ0) is 6.57. The summed E-state index contributed by atoms with van der Waals surface area (Å²) in [5, 5.41) is 0. The molecule has 0 aromatic carbocycles. The van der Waals surface area contributed by atoms with Gasteiger partial charge >= 0.3 is 0 Å². The molecular formula is C6H16B2. The van der Waals surface area contributed by atoms with Gasteiger partial charge in [-0.2, -0.15) is 0 Å². The molecule has 2 atom stereocenters. The van der Waals surface area contributed by atoms with Crippen LogP contribution in [-0.2, 0) is 0 Å². The molecule has 0 fully saturated rings. The van der Waals surface area contributed by atoms with Crippen molar-refractivity contribution in [3.8, 4) is 0 Å². The molecule has 8 heavy (non-hydrogen) atoms. The molecule has 0 aliphatic heterocycles. The van der Waals surface area contributed by atoms with Gasteiger partial charge in [0.1, 0.15) is 15.7 Å². The Bertz CT molecular complexity index is 48.5. The predicted octanol–water partition coefficient (Wildman–Crippen LogP) is 0.505. The number of hydrogen-bond donors (Lipinski definition) is 0. The first kappa shape index (κ1) is 8.13. The van der Waals surface area contributed by atoms with Crippen LogP contribution in [0.25, 0.3) is 0 Å². The van der Waals surface area contributed by atoms with Gasteiger partial charge in [0.05, 0.1) is 0 Å². The SMILES string of the molecule is BCC(CC)C(B)C. The Morgan fingerprint density at radius 1 is 1.50 bits per heavy atom. The first-order valence-electron chi connectivity index (χ1n) is 3.72. The molecule has 0 aromatic rings. The van der Waals surface area contributed by atoms with Gasteiger partial charge in [0.25, 0.3) is 0 Å². The van der Waals surface area contributed by atoms with Gasteiger partial charge in [-0.15, -0.1) is 0 Å². The van der Waals surface area contributed by atoms with E-state index in [2.05, 4.69) is 29.5 Å². The Hall–Kier alpha value is 0.130. The molecule has 0 N–H and O–H groups in total. The predicted molar refractivity (Wildman–Crippen MR) is 45.1 cm³/mol. The maximum absolute atomic E-state index is 2.30. The van der Waals surface area contributed by atoms with Crippen molar-refractivity contribution in [2.24, 2.45) is 5.92 Å². The fourth-order valence-electron chi connectivity index (χ4n) is 1.23. The van der Waals surface area contributed by atoms with Crippen LogP contribution in [0, 0.1) is 5.92 Å². The number of hydrogen-bond acceptors (Lipinski definition) is 0. The Morgan fingerprint density at radius 3 is 2.00 bits per heavy atom. The lowest BCUT2D eigenvalue weighted by molar-refractivity contribution is 0.544. The van der Waals surface area contributed by atoms with Crippen LogP contribution in [-0.4, -0.2) is 15.7 Å². The zero-order valence-corrected chi connectivity index (χ0v) is 6.57. The van der Waals surface area contributed by atoms with Gasteiger partial charge < -0.3 is 0 Å². The molecule has 0 amide bonds. The van der Waals surface area contributed by atoms with E-state index >= 15 is 0 Å². The molecule has 0 heterocycles. The molecule has 0 spiro atoms. The van der Waals surface area contributed by atoms with Gasteiger partial charge in [0.2, 0.25) is 0 Å². The third-order valence-electron chi connectivity index (χ3n) is 1.99. The molecule has 0 saturated heterocycles. The van der Waals surface area contributed by atoms with E-state index in [1.54, 1.807) is 0 Å². The maximum Gasteiger partial charge on any atom is 0.105 e. The molecule has 0 rings (SSSR count). The largest absolute Gasteiger partial charge is 0.105 e. The summed E-state index contributed by atoms with van der Waals surface area (Å²) in [6.07, 6.45) is 2.68. The molecule has 0 aromatic heterocycles. The van der Waals surface area contributed by atoms with Crippen molar-refractivity contribution >= 4 is 15.7 Å². The van der Waals surface area contributed by atoms with Gasteiger partial charge in [-0.25, -0.2) is 0 Å². The topological polar surface area (TPSA) is 0 Å². The van der Waals surface area contributed by atoms with E-state index in [9.17, 15) is 0 Å². The summed E-state index contributed by atoms with van der Waals surface area (Å²) >= 11 is 0. The summed E-state index contributed by atoms with van der Waals surface area (Å²) in [4.78, 5) is 0. The van der Waals surface area contributed by atoms with Gasteiger partial charge in [-0.1, -0.05) is 38.3 Å². The van der Waals surface area contributed by atoms with Crippen molar-refractivity contribution in [3.05, 3.63) is 0 Å². The van der Waals surface area contributed by atoms with Crippen LogP contribution in [0.4, 0.5) is 0 Å². The summed E-state index contributed by atoms with van der Waals surface area (Å²) in [5.74, 6) is 1.83. The molecule has 46 valence electrons. The highest BCUT2D eigenvalue weighted by molar-refractivity contribution is 6.13. The van der Waals surface area contributed by atoms with Crippen molar-refractivity contribution in [1.29, 1.82) is 0 Å². The minimum Gasteiger partial charge on any atom is -0.0787 e. The van der Waals surface area contributed by atoms with Crippen LogP contribution in [0.15, 0.2) is 0 Å². The van der Waals surface area contributed by atoms with Gasteiger partial charge in [0.15, 0.2) is 0 Å². The van der Waals surface area contributed by atoms with E-state index in [0.29, 0.717) is 0 Å². The Kier molecular flexibility index (Phi) is 4.12. The van der Waals surface area contributed by atoms with Gasteiger partial charge in [0, 0.05) is 0 Å². The van der Waals surface area contributed by atoms with Gasteiger partial charge in [-0.3, -0.25) is 0 Å². The first-order valence-corrected chi connectivity index (χ1v) is 3.72. The average Bonchev–Trinajstić information content (AvgIpc) is 1.69. The second kappa shape index (κ2) is 4.05. The summed E-state index contributed by atoms with van der Waals surface area (Å²) in [7, 11) is 4.58. The Balaban J connectivity index is 3.35. The molecule has 0 nitrogen and oxygen atoms in total. The molecule has 0 saturated carbocycles. The van der Waals surface area contributed by atoms with Crippen molar-refractivity contribution in [2.75, 3.05) is 0 Å². The summed E-state index contributed by atoms with van der Waals surface area (Å²) in [6.45, 7) is 4.58. The molecule has 2 unspecified atom stereocenters. The molecule has 0 aliphatic rings. The smallest absolute Gasteiger partial charge is 0.0787 e. The van der Waals surface area contributed by atoms with E-state index in [4.69, 9.17) is 0 Å². The van der Waals surface area contributed by atoms with Crippen molar-refractivity contribution in [3.63, 3.8) is 0 Å². The molecule has 0 aliphatic carbocycles. The normalized spacial score (nSPS) is 17.8. The molecular weight excluding hydrogens is 93.7 g/mol. The third-order valence-corrected chi connectivity index (χ3v) is 1.99. The van der Waals surface area contributed by atoms with Crippen LogP contribution in [0.5, 0.6) is 0 Å². The molecule has 0 bridgehead atoms. The van der Waals surface area contributed by atoms with Crippen LogP contribution in [0.2, 0.25) is 12.1 Å². The quantitative estimate of drug-likeness (QED) is 0.464. The summed E-state index contributed by atoms with van der Waals surface area (Å²) < 4.78 is 0. The summed E-state index contributed by atoms with van der Waals surface area (Å²) in [6, 6.07) is 0. The van der Waals surface area contributed by atoms with Crippen LogP contribution in [0.1, 0.15) is 20.3 Å². The molecule has 2 heteroatoms. The standard InChI is InChI=1S/C6H16B2/c1-3-6(4-7)5(2)8/h5-6H,3-4,7-8H2,1-2H3. The second-order valence-corrected chi connectivity index (χ2v) is 2.82. The Morgan fingerprint density at radius 2 is 2.00 bits per heavy atom. The zero-order valence-electron chi connectivity index (χ0n) is 6.57. The van der Waals surface area contributed by atoms with E-state index in [-0.39, 0.29) is 0 Å². The van der Waals surface area contributed by atoms with Crippen LogP contribution < -0.4 is 0 Å². The maximum atomic E-state index is 2.30. The highest BCUT2D eigenvalue weighted by Gasteiger charge is 2.06. The van der Waals surface area contributed by atoms with Crippen LogP contribution in [0.3, 0.4) is 0 Å². The minimum atomic E-state index is 0.880. The fourth-order valence-corrected chi connectivity index (χ4v) is 1.23. The van der Waals surface area contributed by atoms with E-state index < -0.39 is 0 Å². The highest BCUT2D eigenvalue weighted by atomic mass is 14.1. The van der Waals surface area contributed by atoms with Crippen molar-refractivity contribution < 1.29 is 0 Å². The van der Waals surface area contributed by atoms with E-state index in [0.717, 1.165) is 11.7 Å². The Labute approximate surface area is 54.9 Å². The second-order valence-electron chi connectivity index (χ2n) is 2.82. The van der Waals surface area contributed by atoms with Crippen molar-refractivity contribution in [1.82, 2.24) is 0 Å². The lowest BCUT2D eigenvalue weighted by Gasteiger charge is -2.15. The summed E-state index contributed by atoms with van der Waals surface area (Å²) in [5.41, 5.74) is 0.